The molecule has 0 aliphatic heterocycles. The van der Waals surface area contributed by atoms with Crippen molar-refractivity contribution in [2.75, 3.05) is 0 Å². The highest BCUT2D eigenvalue weighted by Crippen LogP contribution is 2.27. The highest BCUT2D eigenvalue weighted by molar-refractivity contribution is 5.27. The molecule has 0 spiro atoms. The van der Waals surface area contributed by atoms with Crippen LogP contribution in [-0.4, -0.2) is 4.98 Å². The van der Waals surface area contributed by atoms with E-state index < -0.39 is 0 Å². The Labute approximate surface area is 81.6 Å². The van der Waals surface area contributed by atoms with Crippen molar-refractivity contribution in [3.63, 3.8) is 0 Å². The second kappa shape index (κ2) is 2.90. The number of nitrogens with one attached hydrogen (secondary N) is 1. The number of aromatic amines is 1. The average Bonchev–Trinajstić information content (AvgIpc) is 2.28. The number of hydrogen-bond donors (Lipinski definition) is 1. The van der Waals surface area contributed by atoms with Crippen molar-refractivity contribution in [2.45, 2.75) is 52.4 Å². The van der Waals surface area contributed by atoms with E-state index in [9.17, 15) is 0 Å². The first-order valence-corrected chi connectivity index (χ1v) is 4.90. The zero-order chi connectivity index (χ0) is 10.3. The van der Waals surface area contributed by atoms with Crippen molar-refractivity contribution in [3.8, 4) is 0 Å². The molecule has 0 aromatic carbocycles. The summed E-state index contributed by atoms with van der Waals surface area (Å²) in [6.07, 6.45) is 2.13. The molecular weight excluding hydrogens is 158 g/mol. The van der Waals surface area contributed by atoms with Crippen LogP contribution in [0.2, 0.25) is 0 Å². The van der Waals surface area contributed by atoms with Gasteiger partial charge in [-0.15, -0.1) is 0 Å². The number of aromatic nitrogens is 1. The molecule has 0 aliphatic carbocycles. The Kier molecular flexibility index (Phi) is 2.31. The highest BCUT2D eigenvalue weighted by atomic mass is 14.7. The maximum absolute atomic E-state index is 3.35. The zero-order valence-electron chi connectivity index (χ0n) is 9.65. The largest absolute Gasteiger partial charge is 0.364 e. The summed E-state index contributed by atoms with van der Waals surface area (Å²) in [6, 6.07) is 2.28. The fraction of sp³-hybridized carbons (Fsp3) is 0.667. The number of H-pyrrole nitrogens is 1. The van der Waals surface area contributed by atoms with Crippen LogP contribution in [0, 0.1) is 0 Å². The van der Waals surface area contributed by atoms with Crippen LogP contribution in [0.15, 0.2) is 12.3 Å². The van der Waals surface area contributed by atoms with Crippen molar-refractivity contribution < 1.29 is 0 Å². The van der Waals surface area contributed by atoms with Crippen LogP contribution < -0.4 is 0 Å². The van der Waals surface area contributed by atoms with Crippen LogP contribution in [0.4, 0.5) is 0 Å². The van der Waals surface area contributed by atoms with Crippen LogP contribution >= 0.6 is 0 Å². The smallest absolute Gasteiger partial charge is 0.0204 e. The van der Waals surface area contributed by atoms with E-state index in [0.29, 0.717) is 0 Å². The van der Waals surface area contributed by atoms with Gasteiger partial charge in [-0.3, -0.25) is 0 Å². The van der Waals surface area contributed by atoms with Crippen molar-refractivity contribution >= 4 is 0 Å². The molecular formula is C12H21N. The third kappa shape index (κ3) is 2.36. The van der Waals surface area contributed by atoms with Gasteiger partial charge in [0.2, 0.25) is 0 Å². The summed E-state index contributed by atoms with van der Waals surface area (Å²) in [6.45, 7) is 13.4. The molecule has 0 bridgehead atoms. The molecule has 0 saturated carbocycles. The van der Waals surface area contributed by atoms with Gasteiger partial charge in [-0.1, -0.05) is 41.5 Å². The SMILES string of the molecule is CC(C)(C)c1c[nH]c(C(C)(C)C)c1. The first-order chi connectivity index (χ1) is 5.71. The van der Waals surface area contributed by atoms with E-state index in [1.165, 1.54) is 11.3 Å². The molecule has 0 saturated heterocycles. The molecule has 74 valence electrons. The van der Waals surface area contributed by atoms with Gasteiger partial charge in [0.1, 0.15) is 0 Å². The minimum atomic E-state index is 0.226. The lowest BCUT2D eigenvalue weighted by Gasteiger charge is -2.18. The van der Waals surface area contributed by atoms with Gasteiger partial charge in [-0.05, 0) is 17.0 Å². The Hall–Kier alpha value is -0.720. The summed E-state index contributed by atoms with van der Waals surface area (Å²) in [5, 5.41) is 0. The van der Waals surface area contributed by atoms with E-state index in [2.05, 4.69) is 58.8 Å². The maximum atomic E-state index is 3.35. The molecule has 0 unspecified atom stereocenters. The third-order valence-corrected chi connectivity index (χ3v) is 2.36. The van der Waals surface area contributed by atoms with Crippen molar-refractivity contribution in [3.05, 3.63) is 23.5 Å². The first kappa shape index (κ1) is 10.4. The molecule has 1 heterocycles. The summed E-state index contributed by atoms with van der Waals surface area (Å²) in [4.78, 5) is 3.35. The van der Waals surface area contributed by atoms with E-state index in [4.69, 9.17) is 0 Å². The van der Waals surface area contributed by atoms with Crippen molar-refractivity contribution in [1.29, 1.82) is 0 Å². The Balaban J connectivity index is 3.01. The monoisotopic (exact) mass is 179 g/mol. The Bertz CT molecular complexity index is 252. The Morgan fingerprint density at radius 2 is 1.46 bits per heavy atom. The summed E-state index contributed by atoms with van der Waals surface area (Å²) in [5.74, 6) is 0. The van der Waals surface area contributed by atoms with E-state index in [0.717, 1.165) is 0 Å². The van der Waals surface area contributed by atoms with Crippen molar-refractivity contribution in [1.82, 2.24) is 4.98 Å². The Morgan fingerprint density at radius 1 is 0.923 bits per heavy atom. The number of rotatable bonds is 0. The fourth-order valence-corrected chi connectivity index (χ4v) is 1.26. The number of hydrogen-bond acceptors (Lipinski definition) is 0. The summed E-state index contributed by atoms with van der Waals surface area (Å²) in [7, 11) is 0. The van der Waals surface area contributed by atoms with E-state index in [1.54, 1.807) is 0 Å². The minimum absolute atomic E-state index is 0.226. The molecule has 1 aromatic rings. The topological polar surface area (TPSA) is 15.8 Å². The first-order valence-electron chi connectivity index (χ1n) is 4.90. The lowest BCUT2D eigenvalue weighted by Crippen LogP contribution is -2.12. The van der Waals surface area contributed by atoms with Crippen LogP contribution in [0.25, 0.3) is 0 Å². The van der Waals surface area contributed by atoms with E-state index in [-0.39, 0.29) is 10.8 Å². The normalized spacial score (nSPS) is 13.4. The molecule has 0 fully saturated rings. The van der Waals surface area contributed by atoms with Crippen LogP contribution in [0.5, 0.6) is 0 Å². The molecule has 1 nitrogen and oxygen atoms in total. The molecule has 0 atom stereocenters. The molecule has 1 rings (SSSR count). The second-order valence-corrected chi connectivity index (χ2v) is 5.80. The molecule has 1 N–H and O–H groups in total. The molecule has 0 radical (unpaired) electrons. The van der Waals surface area contributed by atoms with Gasteiger partial charge < -0.3 is 4.98 Å². The van der Waals surface area contributed by atoms with Gasteiger partial charge >= 0.3 is 0 Å². The van der Waals surface area contributed by atoms with E-state index >= 15 is 0 Å². The predicted octanol–water partition coefficient (Wildman–Crippen LogP) is 3.61. The predicted molar refractivity (Wildman–Crippen MR) is 58.2 cm³/mol. The second-order valence-electron chi connectivity index (χ2n) is 5.80. The highest BCUT2D eigenvalue weighted by Gasteiger charge is 2.20. The van der Waals surface area contributed by atoms with Gasteiger partial charge in [0.05, 0.1) is 0 Å². The van der Waals surface area contributed by atoms with Gasteiger partial charge in [-0.25, -0.2) is 0 Å². The summed E-state index contributed by atoms with van der Waals surface area (Å²) in [5.41, 5.74) is 3.18. The van der Waals surface area contributed by atoms with E-state index in [1.807, 2.05) is 0 Å². The van der Waals surface area contributed by atoms with Gasteiger partial charge in [0.15, 0.2) is 0 Å². The standard InChI is InChI=1S/C12H21N/c1-11(2,3)9-7-10(13-8-9)12(4,5)6/h7-8,13H,1-6H3. The average molecular weight is 179 g/mol. The summed E-state index contributed by atoms with van der Waals surface area (Å²) >= 11 is 0. The van der Waals surface area contributed by atoms with Gasteiger partial charge in [0.25, 0.3) is 0 Å². The minimum Gasteiger partial charge on any atom is -0.364 e. The quantitative estimate of drug-likeness (QED) is 0.626. The Morgan fingerprint density at radius 3 is 1.69 bits per heavy atom. The lowest BCUT2D eigenvalue weighted by molar-refractivity contribution is 0.569. The van der Waals surface area contributed by atoms with Gasteiger partial charge in [0, 0.05) is 17.3 Å². The molecule has 0 aliphatic rings. The van der Waals surface area contributed by atoms with Gasteiger partial charge in [-0.2, -0.15) is 0 Å². The maximum Gasteiger partial charge on any atom is 0.0204 e. The van der Waals surface area contributed by atoms with Crippen LogP contribution in [-0.2, 0) is 10.8 Å². The molecule has 1 aromatic heterocycles. The molecule has 1 heteroatoms. The van der Waals surface area contributed by atoms with Crippen LogP contribution in [0.3, 0.4) is 0 Å². The summed E-state index contributed by atoms with van der Waals surface area (Å²) < 4.78 is 0. The molecule has 13 heavy (non-hydrogen) atoms. The van der Waals surface area contributed by atoms with Crippen LogP contribution in [0.1, 0.15) is 52.8 Å². The third-order valence-electron chi connectivity index (χ3n) is 2.36. The lowest BCUT2D eigenvalue weighted by atomic mass is 9.86. The fourth-order valence-electron chi connectivity index (χ4n) is 1.26. The molecule has 0 amide bonds. The van der Waals surface area contributed by atoms with Crippen molar-refractivity contribution in [2.24, 2.45) is 0 Å². The zero-order valence-corrected chi connectivity index (χ0v) is 9.65.